The molecular weight excluding hydrogens is 225 g/mol. The lowest BCUT2D eigenvalue weighted by Gasteiger charge is -2.00. The SMILES string of the molecule is CNCCC#Cc1cc(F)cc([N+](=O)[O-])c1N. The molecule has 0 saturated heterocycles. The molecule has 0 aliphatic rings. The van der Waals surface area contributed by atoms with Gasteiger partial charge in [0.05, 0.1) is 16.6 Å². The Balaban J connectivity index is 3.06. The number of halogens is 1. The van der Waals surface area contributed by atoms with E-state index in [0.29, 0.717) is 13.0 Å². The first-order valence-corrected chi connectivity index (χ1v) is 4.93. The average molecular weight is 237 g/mol. The average Bonchev–Trinajstić information content (AvgIpc) is 2.28. The molecule has 0 atom stereocenters. The minimum Gasteiger partial charge on any atom is -0.392 e. The van der Waals surface area contributed by atoms with E-state index in [0.717, 1.165) is 12.1 Å². The molecule has 90 valence electrons. The normalized spacial score (nSPS) is 9.53. The fourth-order valence-corrected chi connectivity index (χ4v) is 1.20. The van der Waals surface area contributed by atoms with Crippen molar-refractivity contribution in [2.24, 2.45) is 0 Å². The molecule has 0 aromatic heterocycles. The van der Waals surface area contributed by atoms with Gasteiger partial charge in [0.2, 0.25) is 0 Å². The Morgan fingerprint density at radius 3 is 2.88 bits per heavy atom. The van der Waals surface area contributed by atoms with Gasteiger partial charge in [0.25, 0.3) is 5.69 Å². The summed E-state index contributed by atoms with van der Waals surface area (Å²) in [6.07, 6.45) is 0.556. The van der Waals surface area contributed by atoms with E-state index in [1.54, 1.807) is 7.05 Å². The highest BCUT2D eigenvalue weighted by atomic mass is 19.1. The van der Waals surface area contributed by atoms with Gasteiger partial charge in [0.15, 0.2) is 0 Å². The minimum atomic E-state index is -0.725. The molecule has 0 saturated carbocycles. The van der Waals surface area contributed by atoms with Gasteiger partial charge in [0, 0.05) is 13.0 Å². The third kappa shape index (κ3) is 3.43. The number of nitrogens with zero attached hydrogens (tertiary/aromatic N) is 1. The number of nitro groups is 1. The Hall–Kier alpha value is -2.13. The van der Waals surface area contributed by atoms with Gasteiger partial charge < -0.3 is 11.1 Å². The topological polar surface area (TPSA) is 81.2 Å². The predicted molar refractivity (Wildman–Crippen MR) is 62.9 cm³/mol. The molecule has 1 aromatic rings. The van der Waals surface area contributed by atoms with E-state index < -0.39 is 16.4 Å². The molecule has 17 heavy (non-hydrogen) atoms. The van der Waals surface area contributed by atoms with Crippen LogP contribution < -0.4 is 11.1 Å². The van der Waals surface area contributed by atoms with Crippen molar-refractivity contribution in [3.05, 3.63) is 33.6 Å². The first-order chi connectivity index (χ1) is 8.06. The first kappa shape index (κ1) is 12.9. The summed E-state index contributed by atoms with van der Waals surface area (Å²) in [7, 11) is 1.78. The molecular formula is C11H12FN3O2. The molecule has 0 aliphatic carbocycles. The minimum absolute atomic E-state index is 0.103. The van der Waals surface area contributed by atoms with Crippen LogP contribution in [0.4, 0.5) is 15.8 Å². The van der Waals surface area contributed by atoms with E-state index in [-0.39, 0.29) is 11.3 Å². The van der Waals surface area contributed by atoms with Crippen molar-refractivity contribution < 1.29 is 9.31 Å². The van der Waals surface area contributed by atoms with Crippen LogP contribution in [0.1, 0.15) is 12.0 Å². The highest BCUT2D eigenvalue weighted by Crippen LogP contribution is 2.25. The summed E-state index contributed by atoms with van der Waals surface area (Å²) in [6, 6.07) is 1.88. The summed E-state index contributed by atoms with van der Waals surface area (Å²) in [5.41, 5.74) is 5.13. The summed E-state index contributed by atoms with van der Waals surface area (Å²) < 4.78 is 13.1. The van der Waals surface area contributed by atoms with Crippen LogP contribution in [-0.4, -0.2) is 18.5 Å². The van der Waals surface area contributed by atoms with Gasteiger partial charge in [-0.05, 0) is 13.1 Å². The van der Waals surface area contributed by atoms with Gasteiger partial charge >= 0.3 is 0 Å². The quantitative estimate of drug-likeness (QED) is 0.273. The molecule has 0 aliphatic heterocycles. The van der Waals surface area contributed by atoms with Gasteiger partial charge in [-0.25, -0.2) is 4.39 Å². The van der Waals surface area contributed by atoms with Crippen molar-refractivity contribution in [3.63, 3.8) is 0 Å². The number of nitro benzene ring substituents is 1. The lowest BCUT2D eigenvalue weighted by molar-refractivity contribution is -0.384. The second kappa shape index (κ2) is 5.82. The molecule has 1 aromatic carbocycles. The highest BCUT2D eigenvalue weighted by molar-refractivity contribution is 5.68. The number of hydrogen-bond donors (Lipinski definition) is 2. The molecule has 0 fully saturated rings. The lowest BCUT2D eigenvalue weighted by Crippen LogP contribution is -2.06. The number of benzene rings is 1. The fourth-order valence-electron chi connectivity index (χ4n) is 1.20. The van der Waals surface area contributed by atoms with E-state index >= 15 is 0 Å². The summed E-state index contributed by atoms with van der Waals surface area (Å²) in [5.74, 6) is 4.66. The third-order valence-corrected chi connectivity index (χ3v) is 2.04. The zero-order valence-corrected chi connectivity index (χ0v) is 9.29. The Kier molecular flexibility index (Phi) is 4.43. The van der Waals surface area contributed by atoms with Crippen molar-refractivity contribution >= 4 is 11.4 Å². The summed E-state index contributed by atoms with van der Waals surface area (Å²) in [6.45, 7) is 0.685. The van der Waals surface area contributed by atoms with E-state index in [1.807, 2.05) is 0 Å². The maximum Gasteiger partial charge on any atom is 0.296 e. The third-order valence-electron chi connectivity index (χ3n) is 2.04. The standard InChI is InChI=1S/C11H12FN3O2/c1-14-5-3-2-4-8-6-9(12)7-10(11(8)13)15(16)17/h6-7,14H,3,5,13H2,1H3. The van der Waals surface area contributed by atoms with Crippen molar-refractivity contribution in [3.8, 4) is 11.8 Å². The maximum absolute atomic E-state index is 13.1. The number of hydrogen-bond acceptors (Lipinski definition) is 4. The Bertz CT molecular complexity index is 491. The summed E-state index contributed by atoms with van der Waals surface area (Å²) >= 11 is 0. The number of nitrogens with two attached hydrogens (primary N) is 1. The number of rotatable bonds is 3. The smallest absolute Gasteiger partial charge is 0.296 e. The highest BCUT2D eigenvalue weighted by Gasteiger charge is 2.16. The Labute approximate surface area is 98.0 Å². The predicted octanol–water partition coefficient (Wildman–Crippen LogP) is 1.28. The molecule has 0 amide bonds. The number of nitrogen functional groups attached to an aromatic ring is 1. The molecule has 1 rings (SSSR count). The lowest BCUT2D eigenvalue weighted by atomic mass is 10.1. The number of anilines is 1. The monoisotopic (exact) mass is 237 g/mol. The molecule has 0 unspecified atom stereocenters. The van der Waals surface area contributed by atoms with Crippen LogP contribution in [0, 0.1) is 27.8 Å². The van der Waals surface area contributed by atoms with Crippen LogP contribution in [0.5, 0.6) is 0 Å². The molecule has 6 heteroatoms. The molecule has 0 heterocycles. The van der Waals surface area contributed by atoms with Crippen molar-refractivity contribution in [1.29, 1.82) is 0 Å². The van der Waals surface area contributed by atoms with E-state index in [4.69, 9.17) is 5.73 Å². The van der Waals surface area contributed by atoms with Crippen LogP contribution in [0.3, 0.4) is 0 Å². The molecule has 0 bridgehead atoms. The van der Waals surface area contributed by atoms with Gasteiger partial charge in [-0.2, -0.15) is 0 Å². The summed E-state index contributed by atoms with van der Waals surface area (Å²) in [5, 5.41) is 13.5. The maximum atomic E-state index is 13.1. The second-order valence-electron chi connectivity index (χ2n) is 3.30. The Morgan fingerprint density at radius 2 is 2.29 bits per heavy atom. The van der Waals surface area contributed by atoms with Crippen LogP contribution in [-0.2, 0) is 0 Å². The van der Waals surface area contributed by atoms with E-state index in [2.05, 4.69) is 17.2 Å². The summed E-state index contributed by atoms with van der Waals surface area (Å²) in [4.78, 5) is 9.88. The first-order valence-electron chi connectivity index (χ1n) is 4.93. The van der Waals surface area contributed by atoms with Crippen LogP contribution in [0.15, 0.2) is 12.1 Å². The molecule has 0 spiro atoms. The zero-order chi connectivity index (χ0) is 12.8. The van der Waals surface area contributed by atoms with E-state index in [1.165, 1.54) is 0 Å². The van der Waals surface area contributed by atoms with Gasteiger partial charge in [-0.1, -0.05) is 11.8 Å². The number of nitrogens with one attached hydrogen (secondary N) is 1. The van der Waals surface area contributed by atoms with Crippen LogP contribution in [0.25, 0.3) is 0 Å². The Morgan fingerprint density at radius 1 is 1.59 bits per heavy atom. The van der Waals surface area contributed by atoms with Gasteiger partial charge in [-0.3, -0.25) is 10.1 Å². The van der Waals surface area contributed by atoms with E-state index in [9.17, 15) is 14.5 Å². The van der Waals surface area contributed by atoms with Crippen molar-refractivity contribution in [2.45, 2.75) is 6.42 Å². The van der Waals surface area contributed by atoms with Crippen molar-refractivity contribution in [1.82, 2.24) is 5.32 Å². The molecule has 3 N–H and O–H groups in total. The van der Waals surface area contributed by atoms with Crippen LogP contribution in [0.2, 0.25) is 0 Å². The van der Waals surface area contributed by atoms with Gasteiger partial charge in [-0.15, -0.1) is 0 Å². The largest absolute Gasteiger partial charge is 0.392 e. The molecule has 5 nitrogen and oxygen atoms in total. The van der Waals surface area contributed by atoms with Crippen LogP contribution >= 0.6 is 0 Å². The fraction of sp³-hybridized carbons (Fsp3) is 0.273. The second-order valence-corrected chi connectivity index (χ2v) is 3.30. The molecule has 0 radical (unpaired) electrons. The van der Waals surface area contributed by atoms with Gasteiger partial charge in [0.1, 0.15) is 11.5 Å². The zero-order valence-electron chi connectivity index (χ0n) is 9.29. The van der Waals surface area contributed by atoms with Crippen molar-refractivity contribution in [2.75, 3.05) is 19.3 Å².